The highest BCUT2D eigenvalue weighted by Gasteiger charge is 2.05. The summed E-state index contributed by atoms with van der Waals surface area (Å²) in [5, 5.41) is 11.9. The number of benzene rings is 1. The van der Waals surface area contributed by atoms with E-state index < -0.39 is 5.97 Å². The van der Waals surface area contributed by atoms with Crippen molar-refractivity contribution in [2.75, 3.05) is 6.54 Å². The fourth-order valence-corrected chi connectivity index (χ4v) is 2.03. The summed E-state index contributed by atoms with van der Waals surface area (Å²) in [6, 6.07) is 9.00. The molecular weight excluding hydrogens is 238 g/mol. The Balaban J connectivity index is 2.35. The van der Waals surface area contributed by atoms with E-state index in [9.17, 15) is 4.79 Å². The zero-order chi connectivity index (χ0) is 14.1. The van der Waals surface area contributed by atoms with Crippen LogP contribution in [0.1, 0.15) is 56.7 Å². The monoisotopic (exact) mass is 263 g/mol. The predicted molar refractivity (Wildman–Crippen MR) is 78.3 cm³/mol. The highest BCUT2D eigenvalue weighted by molar-refractivity contribution is 5.66. The molecule has 19 heavy (non-hydrogen) atoms. The Kier molecular flexibility index (Phi) is 7.19. The molecule has 1 atom stereocenters. The van der Waals surface area contributed by atoms with Crippen LogP contribution in [0.25, 0.3) is 0 Å². The molecular formula is C16H25NO2. The van der Waals surface area contributed by atoms with Gasteiger partial charge < -0.3 is 10.4 Å². The fraction of sp³-hybridized carbons (Fsp3) is 0.562. The summed E-state index contributed by atoms with van der Waals surface area (Å²) in [5.74, 6) is -0.727. The molecule has 1 aromatic carbocycles. The molecule has 3 heteroatoms. The number of carboxylic acid groups (broad SMARTS) is 1. The molecule has 0 fully saturated rings. The number of rotatable bonds is 9. The molecule has 0 heterocycles. The smallest absolute Gasteiger partial charge is 0.303 e. The number of carboxylic acids is 1. The van der Waals surface area contributed by atoms with Crippen LogP contribution in [0.2, 0.25) is 0 Å². The van der Waals surface area contributed by atoms with Gasteiger partial charge in [-0.1, -0.05) is 37.6 Å². The van der Waals surface area contributed by atoms with Crippen LogP contribution in [0.15, 0.2) is 24.3 Å². The van der Waals surface area contributed by atoms with E-state index in [0.717, 1.165) is 13.0 Å². The van der Waals surface area contributed by atoms with Crippen LogP contribution in [-0.4, -0.2) is 17.6 Å². The van der Waals surface area contributed by atoms with Crippen LogP contribution in [0.3, 0.4) is 0 Å². The average molecular weight is 263 g/mol. The summed E-state index contributed by atoms with van der Waals surface area (Å²) in [6.45, 7) is 5.06. The van der Waals surface area contributed by atoms with Crippen molar-refractivity contribution in [1.29, 1.82) is 0 Å². The summed E-state index contributed by atoms with van der Waals surface area (Å²) in [4.78, 5) is 10.4. The van der Waals surface area contributed by atoms with Crippen LogP contribution in [0.4, 0.5) is 0 Å². The summed E-state index contributed by atoms with van der Waals surface area (Å²) in [6.07, 6.45) is 4.52. The number of carbonyl (C=O) groups is 1. The molecule has 0 aliphatic heterocycles. The number of hydrogen-bond donors (Lipinski definition) is 2. The molecule has 106 valence electrons. The van der Waals surface area contributed by atoms with Gasteiger partial charge in [0.25, 0.3) is 0 Å². The minimum atomic E-state index is -0.727. The molecule has 0 aliphatic rings. The van der Waals surface area contributed by atoms with E-state index in [2.05, 4.69) is 43.4 Å². The molecule has 0 amide bonds. The largest absolute Gasteiger partial charge is 0.481 e. The van der Waals surface area contributed by atoms with E-state index >= 15 is 0 Å². The van der Waals surface area contributed by atoms with Gasteiger partial charge in [-0.3, -0.25) is 4.79 Å². The van der Waals surface area contributed by atoms with Gasteiger partial charge in [-0.2, -0.15) is 0 Å². The van der Waals surface area contributed by atoms with Crippen molar-refractivity contribution < 1.29 is 9.90 Å². The first-order valence-electron chi connectivity index (χ1n) is 7.17. The predicted octanol–water partition coefficient (Wildman–Crippen LogP) is 3.54. The minimum Gasteiger partial charge on any atom is -0.481 e. The van der Waals surface area contributed by atoms with Crippen molar-refractivity contribution in [1.82, 2.24) is 5.32 Å². The van der Waals surface area contributed by atoms with Crippen molar-refractivity contribution in [3.05, 3.63) is 35.4 Å². The molecule has 0 saturated carbocycles. The van der Waals surface area contributed by atoms with Crippen LogP contribution in [0, 0.1) is 0 Å². The Labute approximate surface area is 116 Å². The van der Waals surface area contributed by atoms with E-state index in [-0.39, 0.29) is 12.5 Å². The molecule has 1 aromatic rings. The third-order valence-electron chi connectivity index (χ3n) is 3.32. The molecule has 0 spiro atoms. The van der Waals surface area contributed by atoms with E-state index in [0.29, 0.717) is 6.42 Å². The highest BCUT2D eigenvalue weighted by atomic mass is 16.4. The third-order valence-corrected chi connectivity index (χ3v) is 3.32. The van der Waals surface area contributed by atoms with Crippen molar-refractivity contribution in [3.63, 3.8) is 0 Å². The first-order chi connectivity index (χ1) is 9.13. The van der Waals surface area contributed by atoms with Gasteiger partial charge in [-0.25, -0.2) is 0 Å². The molecule has 0 bridgehead atoms. The maximum atomic E-state index is 10.4. The van der Waals surface area contributed by atoms with Gasteiger partial charge in [-0.15, -0.1) is 0 Å². The molecule has 0 aliphatic carbocycles. The van der Waals surface area contributed by atoms with E-state index in [1.54, 1.807) is 0 Å². The lowest BCUT2D eigenvalue weighted by molar-refractivity contribution is -0.137. The quantitative estimate of drug-likeness (QED) is 0.670. The second kappa shape index (κ2) is 8.70. The molecule has 1 unspecified atom stereocenters. The standard InChI is InChI=1S/C16H25NO2/c1-3-4-6-14-8-10-15(11-9-14)13(2)17-12-5-7-16(18)19/h8-11,13,17H,3-7,12H2,1-2H3,(H,18,19). The van der Waals surface area contributed by atoms with E-state index in [1.165, 1.54) is 24.0 Å². The van der Waals surface area contributed by atoms with Crippen molar-refractivity contribution in [3.8, 4) is 0 Å². The number of hydrogen-bond acceptors (Lipinski definition) is 2. The van der Waals surface area contributed by atoms with Crippen LogP contribution < -0.4 is 5.32 Å². The van der Waals surface area contributed by atoms with Crippen molar-refractivity contribution >= 4 is 5.97 Å². The zero-order valence-corrected chi connectivity index (χ0v) is 12.0. The molecule has 0 radical (unpaired) electrons. The highest BCUT2D eigenvalue weighted by Crippen LogP contribution is 2.14. The lowest BCUT2D eigenvalue weighted by Crippen LogP contribution is -2.20. The van der Waals surface area contributed by atoms with Gasteiger partial charge in [0.15, 0.2) is 0 Å². The molecule has 0 saturated heterocycles. The number of nitrogens with one attached hydrogen (secondary N) is 1. The topological polar surface area (TPSA) is 49.3 Å². The maximum absolute atomic E-state index is 10.4. The maximum Gasteiger partial charge on any atom is 0.303 e. The lowest BCUT2D eigenvalue weighted by Gasteiger charge is -2.14. The second-order valence-corrected chi connectivity index (χ2v) is 5.02. The molecule has 2 N–H and O–H groups in total. The Hall–Kier alpha value is -1.35. The van der Waals surface area contributed by atoms with Crippen LogP contribution >= 0.6 is 0 Å². The lowest BCUT2D eigenvalue weighted by atomic mass is 10.0. The Bertz CT molecular complexity index is 373. The Morgan fingerprint density at radius 3 is 2.53 bits per heavy atom. The number of unbranched alkanes of at least 4 members (excludes halogenated alkanes) is 1. The zero-order valence-electron chi connectivity index (χ0n) is 12.0. The van der Waals surface area contributed by atoms with Gasteiger partial charge >= 0.3 is 5.97 Å². The normalized spacial score (nSPS) is 12.3. The van der Waals surface area contributed by atoms with Gasteiger partial charge in [0, 0.05) is 12.5 Å². The Morgan fingerprint density at radius 1 is 1.26 bits per heavy atom. The van der Waals surface area contributed by atoms with Crippen molar-refractivity contribution in [2.24, 2.45) is 0 Å². The fourth-order valence-electron chi connectivity index (χ4n) is 2.03. The molecule has 3 nitrogen and oxygen atoms in total. The first-order valence-corrected chi connectivity index (χ1v) is 7.17. The number of aryl methyl sites for hydroxylation is 1. The summed E-state index contributed by atoms with van der Waals surface area (Å²) in [5.41, 5.74) is 2.65. The average Bonchev–Trinajstić information content (AvgIpc) is 2.41. The third kappa shape index (κ3) is 6.39. The van der Waals surface area contributed by atoms with E-state index in [1.807, 2.05) is 0 Å². The van der Waals surface area contributed by atoms with Gasteiger partial charge in [0.1, 0.15) is 0 Å². The van der Waals surface area contributed by atoms with Gasteiger partial charge in [0.05, 0.1) is 0 Å². The molecule has 0 aromatic heterocycles. The summed E-state index contributed by atoms with van der Waals surface area (Å²) in [7, 11) is 0. The van der Waals surface area contributed by atoms with Gasteiger partial charge in [-0.05, 0) is 43.9 Å². The van der Waals surface area contributed by atoms with Crippen LogP contribution in [0.5, 0.6) is 0 Å². The second-order valence-electron chi connectivity index (χ2n) is 5.02. The van der Waals surface area contributed by atoms with E-state index in [4.69, 9.17) is 5.11 Å². The Morgan fingerprint density at radius 2 is 1.95 bits per heavy atom. The summed E-state index contributed by atoms with van der Waals surface area (Å²) >= 11 is 0. The minimum absolute atomic E-state index is 0.232. The summed E-state index contributed by atoms with van der Waals surface area (Å²) < 4.78 is 0. The van der Waals surface area contributed by atoms with Gasteiger partial charge in [0.2, 0.25) is 0 Å². The van der Waals surface area contributed by atoms with Crippen LogP contribution in [-0.2, 0) is 11.2 Å². The first kappa shape index (κ1) is 15.7. The SMILES string of the molecule is CCCCc1ccc(C(C)NCCCC(=O)O)cc1. The molecule has 1 rings (SSSR count). The number of aliphatic carboxylic acids is 1. The van der Waals surface area contributed by atoms with Crippen molar-refractivity contribution in [2.45, 2.75) is 52.0 Å².